The first-order valence-corrected chi connectivity index (χ1v) is 10.9. The summed E-state index contributed by atoms with van der Waals surface area (Å²) in [4.78, 5) is 26.8. The van der Waals surface area contributed by atoms with Crippen LogP contribution in [-0.4, -0.2) is 45.4 Å². The van der Waals surface area contributed by atoms with Gasteiger partial charge in [0.05, 0.1) is 32.1 Å². The highest BCUT2D eigenvalue weighted by Gasteiger charge is 2.37. The number of rotatable bonds is 6. The van der Waals surface area contributed by atoms with Crippen molar-refractivity contribution >= 4 is 17.7 Å². The molecular formula is C24H26F4N2O5. The summed E-state index contributed by atoms with van der Waals surface area (Å²) in [6.07, 6.45) is -5.04. The topological polar surface area (TPSA) is 77.1 Å². The molecule has 0 radical (unpaired) electrons. The van der Waals surface area contributed by atoms with Gasteiger partial charge in [-0.25, -0.2) is 9.18 Å². The lowest BCUT2D eigenvalue weighted by Crippen LogP contribution is -2.45. The Morgan fingerprint density at radius 2 is 1.77 bits per heavy atom. The molecule has 1 aliphatic heterocycles. The molecule has 1 N–H and O–H groups in total. The van der Waals surface area contributed by atoms with Gasteiger partial charge in [0, 0.05) is 30.1 Å². The zero-order chi connectivity index (χ0) is 25.9. The van der Waals surface area contributed by atoms with Crippen molar-refractivity contribution in [1.29, 1.82) is 0 Å². The van der Waals surface area contributed by atoms with Crippen molar-refractivity contribution in [1.82, 2.24) is 5.32 Å². The van der Waals surface area contributed by atoms with Crippen molar-refractivity contribution < 1.29 is 41.4 Å². The third kappa shape index (κ3) is 5.44. The van der Waals surface area contributed by atoms with E-state index in [0.29, 0.717) is 41.3 Å². The zero-order valence-electron chi connectivity index (χ0n) is 19.7. The van der Waals surface area contributed by atoms with Gasteiger partial charge in [-0.05, 0) is 50.1 Å². The molecule has 0 saturated heterocycles. The number of carbonyl (C=O) groups excluding carboxylic acids is 2. The maximum atomic E-state index is 13.6. The Balaban J connectivity index is 1.91. The lowest BCUT2D eigenvalue weighted by molar-refractivity contribution is -0.140. The van der Waals surface area contributed by atoms with Crippen LogP contribution in [0.4, 0.5) is 28.0 Å². The smallest absolute Gasteiger partial charge is 0.419 e. The van der Waals surface area contributed by atoms with E-state index in [1.165, 1.54) is 19.1 Å². The summed E-state index contributed by atoms with van der Waals surface area (Å²) in [5.74, 6) is -1.74. The maximum absolute atomic E-state index is 13.6. The normalized spacial score (nSPS) is 17.4. The van der Waals surface area contributed by atoms with Gasteiger partial charge < -0.3 is 19.5 Å². The van der Waals surface area contributed by atoms with Gasteiger partial charge in [0.2, 0.25) is 0 Å². The third-order valence-electron chi connectivity index (χ3n) is 5.81. The van der Waals surface area contributed by atoms with E-state index in [1.54, 1.807) is 19.1 Å². The number of hydrogen-bond donors (Lipinski definition) is 1. The Morgan fingerprint density at radius 3 is 2.37 bits per heavy atom. The summed E-state index contributed by atoms with van der Waals surface area (Å²) >= 11 is 0. The van der Waals surface area contributed by atoms with E-state index < -0.39 is 29.6 Å². The van der Waals surface area contributed by atoms with Gasteiger partial charge in [0.15, 0.2) is 11.5 Å². The van der Waals surface area contributed by atoms with Gasteiger partial charge >= 0.3 is 12.3 Å². The highest BCUT2D eigenvalue weighted by Crippen LogP contribution is 2.44. The number of nitrogens with one attached hydrogen (secondary N) is 1. The van der Waals surface area contributed by atoms with Crippen LogP contribution in [0, 0.1) is 5.82 Å². The molecule has 1 heterocycles. The van der Waals surface area contributed by atoms with Crippen molar-refractivity contribution in [2.75, 3.05) is 32.3 Å². The fourth-order valence-corrected chi connectivity index (χ4v) is 4.17. The molecule has 190 valence electrons. The summed E-state index contributed by atoms with van der Waals surface area (Å²) in [6.45, 7) is 3.75. The summed E-state index contributed by atoms with van der Waals surface area (Å²) in [5.41, 5.74) is -0.642. The molecule has 0 spiro atoms. The minimum Gasteiger partial charge on any atom is -0.493 e. The largest absolute Gasteiger partial charge is 0.493 e. The van der Waals surface area contributed by atoms with Crippen LogP contribution in [0.25, 0.3) is 0 Å². The van der Waals surface area contributed by atoms with Crippen LogP contribution >= 0.6 is 0 Å². The Hall–Kier alpha value is -3.50. The molecule has 11 heteroatoms. The third-order valence-corrected chi connectivity index (χ3v) is 5.81. The molecule has 0 aliphatic carbocycles. The Bertz CT molecular complexity index is 1110. The minimum absolute atomic E-state index is 0.0566. The van der Waals surface area contributed by atoms with E-state index in [-0.39, 0.29) is 30.7 Å². The molecule has 2 aromatic carbocycles. The van der Waals surface area contributed by atoms with E-state index in [9.17, 15) is 27.2 Å². The number of carbonyl (C=O) groups is 2. The molecule has 2 unspecified atom stereocenters. The average Bonchev–Trinajstić information content (AvgIpc) is 2.81. The van der Waals surface area contributed by atoms with E-state index >= 15 is 0 Å². The van der Waals surface area contributed by atoms with Crippen LogP contribution in [0.3, 0.4) is 0 Å². The summed E-state index contributed by atoms with van der Waals surface area (Å²) in [6, 6.07) is 5.12. The number of hydrogen-bond acceptors (Lipinski definition) is 5. The van der Waals surface area contributed by atoms with Gasteiger partial charge in [-0.1, -0.05) is 0 Å². The average molecular weight is 498 g/mol. The highest BCUT2D eigenvalue weighted by atomic mass is 19.4. The second kappa shape index (κ2) is 10.4. The van der Waals surface area contributed by atoms with Gasteiger partial charge in [-0.3, -0.25) is 9.69 Å². The van der Waals surface area contributed by atoms with E-state index in [0.717, 1.165) is 6.07 Å². The number of methoxy groups -OCH3 is 2. The number of halogens is 4. The Morgan fingerprint density at radius 1 is 1.11 bits per heavy atom. The van der Waals surface area contributed by atoms with E-state index in [2.05, 4.69) is 5.32 Å². The SMILES string of the molecule is CCOC(=O)N1c2cc(OC)c(OC)cc2C(CNC(=O)c2ccc(F)c(C(F)(F)F)c2)CC1C. The molecule has 35 heavy (non-hydrogen) atoms. The standard InChI is InChI=1S/C24H26F4N2O5/c1-5-35-23(32)30-13(2)8-15(16-10-20(33-3)21(34-4)11-19(16)30)12-29-22(31)14-6-7-18(25)17(9-14)24(26,27)28/h6-7,9-11,13,15H,5,8,12H2,1-4H3,(H,29,31). The molecule has 7 nitrogen and oxygen atoms in total. The second-order valence-electron chi connectivity index (χ2n) is 8.02. The first-order chi connectivity index (χ1) is 16.5. The summed E-state index contributed by atoms with van der Waals surface area (Å²) in [7, 11) is 2.92. The first kappa shape index (κ1) is 26.1. The van der Waals surface area contributed by atoms with Gasteiger partial charge in [-0.2, -0.15) is 13.2 Å². The van der Waals surface area contributed by atoms with Crippen LogP contribution in [0.5, 0.6) is 11.5 Å². The molecule has 0 aromatic heterocycles. The van der Waals surface area contributed by atoms with Crippen molar-refractivity contribution in [2.24, 2.45) is 0 Å². The van der Waals surface area contributed by atoms with Crippen LogP contribution < -0.4 is 19.7 Å². The van der Waals surface area contributed by atoms with Crippen molar-refractivity contribution in [3.8, 4) is 11.5 Å². The molecule has 0 bridgehead atoms. The van der Waals surface area contributed by atoms with Crippen LogP contribution in [0.1, 0.15) is 47.7 Å². The van der Waals surface area contributed by atoms with Gasteiger partial charge in [-0.15, -0.1) is 0 Å². The summed E-state index contributed by atoms with van der Waals surface area (Å²) in [5, 5.41) is 2.63. The van der Waals surface area contributed by atoms with Crippen molar-refractivity contribution in [2.45, 2.75) is 38.4 Å². The lowest BCUT2D eigenvalue weighted by Gasteiger charge is -2.39. The number of anilines is 1. The predicted molar refractivity (Wildman–Crippen MR) is 120 cm³/mol. The maximum Gasteiger partial charge on any atom is 0.419 e. The van der Waals surface area contributed by atoms with Gasteiger partial charge in [0.1, 0.15) is 5.82 Å². The molecule has 2 aromatic rings. The number of nitrogens with zero attached hydrogens (tertiary/aromatic N) is 1. The molecule has 0 saturated carbocycles. The molecular weight excluding hydrogens is 472 g/mol. The highest BCUT2D eigenvalue weighted by molar-refractivity contribution is 5.94. The number of fused-ring (bicyclic) bond motifs is 1. The quantitative estimate of drug-likeness (QED) is 0.559. The zero-order valence-corrected chi connectivity index (χ0v) is 19.7. The fraction of sp³-hybridized carbons (Fsp3) is 0.417. The molecule has 3 rings (SSSR count). The Kier molecular flexibility index (Phi) is 7.76. The lowest BCUT2D eigenvalue weighted by atomic mass is 9.85. The number of benzene rings is 2. The first-order valence-electron chi connectivity index (χ1n) is 10.9. The van der Waals surface area contributed by atoms with Crippen LogP contribution in [-0.2, 0) is 10.9 Å². The number of alkyl halides is 3. The van der Waals surface area contributed by atoms with Crippen molar-refractivity contribution in [3.05, 3.63) is 52.8 Å². The summed E-state index contributed by atoms with van der Waals surface area (Å²) < 4.78 is 68.6. The molecule has 2 atom stereocenters. The van der Waals surface area contributed by atoms with Crippen LogP contribution in [0.15, 0.2) is 30.3 Å². The molecule has 2 amide bonds. The van der Waals surface area contributed by atoms with E-state index in [4.69, 9.17) is 14.2 Å². The fourth-order valence-electron chi connectivity index (χ4n) is 4.17. The predicted octanol–water partition coefficient (Wildman–Crippen LogP) is 5.13. The van der Waals surface area contributed by atoms with Crippen molar-refractivity contribution in [3.63, 3.8) is 0 Å². The minimum atomic E-state index is -4.93. The second-order valence-corrected chi connectivity index (χ2v) is 8.02. The number of amides is 2. The molecule has 1 aliphatic rings. The van der Waals surface area contributed by atoms with Gasteiger partial charge in [0.25, 0.3) is 5.91 Å². The molecule has 0 fully saturated rings. The number of ether oxygens (including phenoxy) is 3. The van der Waals surface area contributed by atoms with Crippen LogP contribution in [0.2, 0.25) is 0 Å². The Labute approximate surface area is 199 Å². The monoisotopic (exact) mass is 498 g/mol. The van der Waals surface area contributed by atoms with E-state index in [1.807, 2.05) is 6.92 Å².